The number of aromatic nitrogens is 1. The minimum absolute atomic E-state index is 0.202. The number of aryl methyl sites for hydroxylation is 1. The summed E-state index contributed by atoms with van der Waals surface area (Å²) in [5, 5.41) is 0.832. The number of hydrogen-bond donors (Lipinski definition) is 3. The first-order chi connectivity index (χ1) is 9.13. The SMILES string of the molecule is NNC(=O)CCCn1cc(C(N)=O)c2ccccc21. The van der Waals surface area contributed by atoms with Gasteiger partial charge in [0, 0.05) is 30.1 Å². The van der Waals surface area contributed by atoms with Gasteiger partial charge in [0.2, 0.25) is 5.91 Å². The third-order valence-corrected chi connectivity index (χ3v) is 3.02. The van der Waals surface area contributed by atoms with Crippen molar-refractivity contribution in [2.45, 2.75) is 19.4 Å². The van der Waals surface area contributed by atoms with Crippen molar-refractivity contribution >= 4 is 22.7 Å². The van der Waals surface area contributed by atoms with Gasteiger partial charge in [-0.05, 0) is 12.5 Å². The molecule has 2 rings (SSSR count). The van der Waals surface area contributed by atoms with Crippen molar-refractivity contribution in [3.63, 3.8) is 0 Å². The molecule has 2 aromatic rings. The summed E-state index contributed by atoms with van der Waals surface area (Å²) in [6, 6.07) is 7.54. The van der Waals surface area contributed by atoms with E-state index >= 15 is 0 Å². The highest BCUT2D eigenvalue weighted by Crippen LogP contribution is 2.21. The maximum absolute atomic E-state index is 11.4. The van der Waals surface area contributed by atoms with Crippen LogP contribution in [0, 0.1) is 0 Å². The van der Waals surface area contributed by atoms with Crippen LogP contribution in [-0.4, -0.2) is 16.4 Å². The van der Waals surface area contributed by atoms with Crippen molar-refractivity contribution in [1.29, 1.82) is 0 Å². The molecular formula is C13H16N4O2. The van der Waals surface area contributed by atoms with E-state index in [2.05, 4.69) is 5.43 Å². The minimum Gasteiger partial charge on any atom is -0.366 e. The van der Waals surface area contributed by atoms with Gasteiger partial charge in [0.15, 0.2) is 0 Å². The molecule has 0 atom stereocenters. The Kier molecular flexibility index (Phi) is 3.82. The fourth-order valence-electron chi connectivity index (χ4n) is 2.11. The first kappa shape index (κ1) is 13.1. The normalized spacial score (nSPS) is 10.6. The number of rotatable bonds is 5. The molecule has 0 bridgehead atoms. The van der Waals surface area contributed by atoms with Crippen molar-refractivity contribution in [2.24, 2.45) is 11.6 Å². The summed E-state index contributed by atoms with van der Waals surface area (Å²) in [5.41, 5.74) is 8.88. The van der Waals surface area contributed by atoms with Crippen molar-refractivity contribution in [2.75, 3.05) is 0 Å². The molecule has 100 valence electrons. The van der Waals surface area contributed by atoms with Crippen LogP contribution in [0.1, 0.15) is 23.2 Å². The lowest BCUT2D eigenvalue weighted by molar-refractivity contribution is -0.121. The highest BCUT2D eigenvalue weighted by atomic mass is 16.2. The Morgan fingerprint density at radius 1 is 1.26 bits per heavy atom. The smallest absolute Gasteiger partial charge is 0.250 e. The van der Waals surface area contributed by atoms with Gasteiger partial charge in [0.05, 0.1) is 5.56 Å². The molecule has 0 unspecified atom stereocenters. The highest BCUT2D eigenvalue weighted by Gasteiger charge is 2.11. The van der Waals surface area contributed by atoms with Crippen molar-refractivity contribution in [3.8, 4) is 0 Å². The maximum Gasteiger partial charge on any atom is 0.250 e. The van der Waals surface area contributed by atoms with Crippen molar-refractivity contribution in [1.82, 2.24) is 9.99 Å². The summed E-state index contributed by atoms with van der Waals surface area (Å²) in [4.78, 5) is 22.4. The average molecular weight is 260 g/mol. The number of fused-ring (bicyclic) bond motifs is 1. The van der Waals surface area contributed by atoms with Crippen LogP contribution in [0.4, 0.5) is 0 Å². The molecule has 1 heterocycles. The van der Waals surface area contributed by atoms with E-state index in [4.69, 9.17) is 11.6 Å². The van der Waals surface area contributed by atoms with E-state index in [0.29, 0.717) is 24.9 Å². The average Bonchev–Trinajstić information content (AvgIpc) is 2.78. The van der Waals surface area contributed by atoms with Gasteiger partial charge in [-0.1, -0.05) is 18.2 Å². The number of primary amides is 1. The van der Waals surface area contributed by atoms with Gasteiger partial charge < -0.3 is 10.3 Å². The standard InChI is InChI=1S/C13H16N4O2/c14-13(19)10-8-17(7-3-6-12(18)16-15)11-5-2-1-4-9(10)11/h1-2,4-5,8H,3,6-7,15H2,(H2,14,19)(H,16,18). The molecule has 0 saturated heterocycles. The van der Waals surface area contributed by atoms with Crippen molar-refractivity contribution in [3.05, 3.63) is 36.0 Å². The monoisotopic (exact) mass is 260 g/mol. The summed E-state index contributed by atoms with van der Waals surface area (Å²) in [7, 11) is 0. The molecule has 0 radical (unpaired) electrons. The molecule has 0 aliphatic carbocycles. The predicted molar refractivity (Wildman–Crippen MR) is 72.0 cm³/mol. The zero-order valence-corrected chi connectivity index (χ0v) is 10.4. The second-order valence-corrected chi connectivity index (χ2v) is 4.29. The Bertz CT molecular complexity index is 618. The van der Waals surface area contributed by atoms with Crippen LogP contribution >= 0.6 is 0 Å². The molecule has 1 aromatic carbocycles. The number of para-hydroxylation sites is 1. The van der Waals surface area contributed by atoms with Crippen LogP contribution in [-0.2, 0) is 11.3 Å². The molecule has 1 aromatic heterocycles. The molecule has 6 nitrogen and oxygen atoms in total. The summed E-state index contributed by atoms with van der Waals surface area (Å²) >= 11 is 0. The minimum atomic E-state index is -0.449. The molecule has 2 amide bonds. The molecule has 0 fully saturated rings. The first-order valence-corrected chi connectivity index (χ1v) is 6.00. The van der Waals surface area contributed by atoms with Crippen LogP contribution in [0.2, 0.25) is 0 Å². The summed E-state index contributed by atoms with van der Waals surface area (Å²) in [6.45, 7) is 0.626. The van der Waals surface area contributed by atoms with Crippen molar-refractivity contribution < 1.29 is 9.59 Å². The Labute approximate surface area is 110 Å². The topological polar surface area (TPSA) is 103 Å². The Morgan fingerprint density at radius 2 is 2.00 bits per heavy atom. The second-order valence-electron chi connectivity index (χ2n) is 4.29. The van der Waals surface area contributed by atoms with Gasteiger partial charge in [-0.3, -0.25) is 15.0 Å². The zero-order chi connectivity index (χ0) is 13.8. The quantitative estimate of drug-likeness (QED) is 0.414. The Hall–Kier alpha value is -2.34. The lowest BCUT2D eigenvalue weighted by Crippen LogP contribution is -2.29. The van der Waals surface area contributed by atoms with Crippen LogP contribution in [0.3, 0.4) is 0 Å². The molecule has 0 aliphatic rings. The van der Waals surface area contributed by atoms with E-state index in [9.17, 15) is 9.59 Å². The summed E-state index contributed by atoms with van der Waals surface area (Å²) < 4.78 is 1.93. The third-order valence-electron chi connectivity index (χ3n) is 3.02. The van der Waals surface area contributed by atoms with Crippen LogP contribution < -0.4 is 17.0 Å². The van der Waals surface area contributed by atoms with Crippen LogP contribution in [0.25, 0.3) is 10.9 Å². The van der Waals surface area contributed by atoms with E-state index in [0.717, 1.165) is 10.9 Å². The molecular weight excluding hydrogens is 244 g/mol. The third kappa shape index (κ3) is 2.74. The molecule has 6 heteroatoms. The van der Waals surface area contributed by atoms with E-state index in [1.165, 1.54) is 0 Å². The number of benzene rings is 1. The van der Waals surface area contributed by atoms with E-state index in [1.807, 2.05) is 28.8 Å². The first-order valence-electron chi connectivity index (χ1n) is 6.00. The van der Waals surface area contributed by atoms with E-state index in [-0.39, 0.29) is 5.91 Å². The maximum atomic E-state index is 11.4. The largest absolute Gasteiger partial charge is 0.366 e. The van der Waals surface area contributed by atoms with Gasteiger partial charge >= 0.3 is 0 Å². The second kappa shape index (κ2) is 5.53. The van der Waals surface area contributed by atoms with Crippen LogP contribution in [0.5, 0.6) is 0 Å². The number of carbonyl (C=O) groups excluding carboxylic acids is 2. The van der Waals surface area contributed by atoms with Gasteiger partial charge in [-0.25, -0.2) is 5.84 Å². The number of nitrogens with two attached hydrogens (primary N) is 2. The lowest BCUT2D eigenvalue weighted by Gasteiger charge is -2.04. The molecule has 19 heavy (non-hydrogen) atoms. The fraction of sp³-hybridized carbons (Fsp3) is 0.231. The molecule has 0 aliphatic heterocycles. The number of amides is 2. The highest BCUT2D eigenvalue weighted by molar-refractivity contribution is 6.06. The van der Waals surface area contributed by atoms with Gasteiger partial charge in [0.1, 0.15) is 0 Å². The number of nitrogens with one attached hydrogen (secondary N) is 1. The lowest BCUT2D eigenvalue weighted by atomic mass is 10.2. The Balaban J connectivity index is 2.23. The van der Waals surface area contributed by atoms with Gasteiger partial charge in [-0.2, -0.15) is 0 Å². The fourth-order valence-corrected chi connectivity index (χ4v) is 2.11. The molecule has 0 spiro atoms. The predicted octanol–water partition coefficient (Wildman–Crippen LogP) is 0.510. The van der Waals surface area contributed by atoms with Crippen LogP contribution in [0.15, 0.2) is 30.5 Å². The summed E-state index contributed by atoms with van der Waals surface area (Å²) in [5.74, 6) is 4.37. The number of carbonyl (C=O) groups is 2. The van der Waals surface area contributed by atoms with E-state index in [1.54, 1.807) is 6.20 Å². The Morgan fingerprint density at radius 3 is 2.68 bits per heavy atom. The molecule has 5 N–H and O–H groups in total. The molecule has 0 saturated carbocycles. The van der Waals surface area contributed by atoms with E-state index < -0.39 is 5.91 Å². The number of hydrogen-bond acceptors (Lipinski definition) is 3. The van der Waals surface area contributed by atoms with Gasteiger partial charge in [-0.15, -0.1) is 0 Å². The summed E-state index contributed by atoms with van der Waals surface area (Å²) in [6.07, 6.45) is 2.71. The van der Waals surface area contributed by atoms with Gasteiger partial charge in [0.25, 0.3) is 5.91 Å². The number of hydrazine groups is 1. The zero-order valence-electron chi connectivity index (χ0n) is 10.4. The number of nitrogens with zero attached hydrogens (tertiary/aromatic N) is 1.